The Labute approximate surface area is 204 Å². The summed E-state index contributed by atoms with van der Waals surface area (Å²) in [5.41, 5.74) is 7.03. The van der Waals surface area contributed by atoms with Gasteiger partial charge in [-0.2, -0.15) is 0 Å². The lowest BCUT2D eigenvalue weighted by Crippen LogP contribution is -2.22. The fourth-order valence-corrected chi connectivity index (χ4v) is 4.83. The predicted molar refractivity (Wildman–Crippen MR) is 130 cm³/mol. The van der Waals surface area contributed by atoms with Gasteiger partial charge in [0.05, 0.1) is 23.2 Å². The van der Waals surface area contributed by atoms with Crippen LogP contribution in [0.2, 0.25) is 10.0 Å². The summed E-state index contributed by atoms with van der Waals surface area (Å²) in [4.78, 5) is 39.8. The third kappa shape index (κ3) is 8.16. The third-order valence-electron chi connectivity index (χ3n) is 4.36. The normalized spacial score (nSPS) is 13.2. The Morgan fingerprint density at radius 1 is 1.33 bits per heavy atom. The number of aromatic nitrogens is 2. The van der Waals surface area contributed by atoms with Crippen LogP contribution in [0.5, 0.6) is 0 Å². The molecule has 0 bridgehead atoms. The van der Waals surface area contributed by atoms with E-state index >= 15 is 0 Å². The molecule has 2 rings (SSSR count). The van der Waals surface area contributed by atoms with E-state index in [4.69, 9.17) is 38.7 Å². The Morgan fingerprint density at radius 3 is 2.52 bits per heavy atom. The zero-order valence-electron chi connectivity index (χ0n) is 17.6. The lowest BCUT2D eigenvalue weighted by Gasteiger charge is -2.22. The van der Waals surface area contributed by atoms with E-state index in [1.165, 1.54) is 11.1 Å². The summed E-state index contributed by atoms with van der Waals surface area (Å²) in [6.07, 6.45) is 2.05. The molecule has 0 radical (unpaired) electrons. The van der Waals surface area contributed by atoms with E-state index < -0.39 is 7.82 Å². The Hall–Kier alpha value is -1.82. The molecule has 14 heteroatoms. The van der Waals surface area contributed by atoms with Gasteiger partial charge in [-0.15, -0.1) is 11.4 Å². The van der Waals surface area contributed by atoms with Gasteiger partial charge < -0.3 is 25.5 Å². The maximum atomic E-state index is 11.9. The van der Waals surface area contributed by atoms with Crippen molar-refractivity contribution < 1.29 is 28.8 Å². The quantitative estimate of drug-likeness (QED) is 0.132. The van der Waals surface area contributed by atoms with Crippen LogP contribution in [0.4, 0.5) is 5.82 Å². The minimum atomic E-state index is -4.71. The van der Waals surface area contributed by atoms with E-state index in [0.29, 0.717) is 28.4 Å². The molecular formula is C19H23Cl2N4O6PS. The second kappa shape index (κ2) is 12.0. The van der Waals surface area contributed by atoms with Crippen LogP contribution in [0, 0.1) is 6.92 Å². The number of carbonyl (C=O) groups excluding carboxylic acids is 1. The van der Waals surface area contributed by atoms with Gasteiger partial charge in [-0.3, -0.25) is 9.32 Å². The molecule has 0 saturated heterocycles. The minimum Gasteiger partial charge on any atom is -0.383 e. The molecule has 10 nitrogen and oxygen atoms in total. The number of hydrogen-bond acceptors (Lipinski definition) is 6. The van der Waals surface area contributed by atoms with E-state index in [1.807, 2.05) is 0 Å². The van der Waals surface area contributed by atoms with Crippen LogP contribution in [0.25, 0.3) is 0 Å². The molecule has 5 N–H and O–H groups in total. The van der Waals surface area contributed by atoms with Gasteiger partial charge in [-0.05, 0) is 26.0 Å². The first-order chi connectivity index (χ1) is 15.4. The number of hydrogen-bond donors (Lipinski definition) is 5. The Balaban J connectivity index is 2.48. The number of halogens is 2. The average molecular weight is 537 g/mol. The van der Waals surface area contributed by atoms with Gasteiger partial charge in [0.25, 0.3) is 0 Å². The highest BCUT2D eigenvalue weighted by Crippen LogP contribution is 2.37. The SMILES string of the molecule is C/C(=C(CCOP(=O)(O)O)/[SH]=C(\O)c1c(Cl)cccc1Cl)N(C=O)Cc1cnc(C)nc1N. The largest absolute Gasteiger partial charge is 0.469 e. The number of aryl methyl sites for hydroxylation is 1. The summed E-state index contributed by atoms with van der Waals surface area (Å²) in [5, 5.41) is 11.0. The van der Waals surface area contributed by atoms with Crippen LogP contribution < -0.4 is 5.73 Å². The number of phosphoric acid groups is 1. The number of phosphoric ester groups is 1. The molecule has 1 heterocycles. The second-order valence-electron chi connectivity index (χ2n) is 6.70. The van der Waals surface area contributed by atoms with Gasteiger partial charge in [0.1, 0.15) is 16.7 Å². The summed E-state index contributed by atoms with van der Waals surface area (Å²) in [6, 6.07) is 4.73. The average Bonchev–Trinajstić information content (AvgIpc) is 2.71. The molecule has 0 fully saturated rings. The zero-order chi connectivity index (χ0) is 24.8. The fraction of sp³-hybridized carbons (Fsp3) is 0.263. The number of allylic oxidation sites excluding steroid dienone is 1. The van der Waals surface area contributed by atoms with Gasteiger partial charge in [0, 0.05) is 34.3 Å². The minimum absolute atomic E-state index is 0.0190. The predicted octanol–water partition coefficient (Wildman–Crippen LogP) is 3.57. The number of benzene rings is 1. The number of anilines is 1. The van der Waals surface area contributed by atoms with Crippen molar-refractivity contribution in [3.8, 4) is 0 Å². The summed E-state index contributed by atoms with van der Waals surface area (Å²) >= 11 is 12.5. The standard InChI is InChI=1S/C19H23Cl2N4O6PS/c1-11(25(10-26)9-13-8-23-12(2)24-18(13)22)16(6-7-31-32(28,29)30)33-19(27)17-14(20)4-3-5-15(17)21/h3-5,8,10,27,33H,6-7,9H2,1-2H3,(H2,22,23,24)(H2,28,29,30)/b16-11-. The first-order valence-electron chi connectivity index (χ1n) is 9.34. The molecule has 180 valence electrons. The van der Waals surface area contributed by atoms with Crippen molar-refractivity contribution in [3.05, 3.63) is 62.0 Å². The molecule has 1 amide bonds. The number of thiol groups is 1. The molecule has 0 aliphatic rings. The fourth-order valence-electron chi connectivity index (χ4n) is 2.69. The number of nitrogens with zero attached hydrogens (tertiary/aromatic N) is 3. The maximum Gasteiger partial charge on any atom is 0.469 e. The highest BCUT2D eigenvalue weighted by Gasteiger charge is 2.18. The van der Waals surface area contributed by atoms with E-state index in [-0.39, 0.29) is 57.4 Å². The van der Waals surface area contributed by atoms with Crippen molar-refractivity contribution in [3.63, 3.8) is 0 Å². The Morgan fingerprint density at radius 2 is 1.97 bits per heavy atom. The third-order valence-corrected chi connectivity index (χ3v) is 6.76. The van der Waals surface area contributed by atoms with Crippen molar-refractivity contribution in [2.24, 2.45) is 0 Å². The molecule has 0 atom stereocenters. The molecule has 1 aromatic carbocycles. The molecule has 0 saturated carbocycles. The molecule has 0 aliphatic carbocycles. The van der Waals surface area contributed by atoms with Crippen molar-refractivity contribution in [1.29, 1.82) is 0 Å². The maximum absolute atomic E-state index is 11.9. The first kappa shape index (κ1) is 27.4. The van der Waals surface area contributed by atoms with Crippen molar-refractivity contribution in [2.75, 3.05) is 12.3 Å². The topological polar surface area (TPSA) is 159 Å². The van der Waals surface area contributed by atoms with Crippen LogP contribution in [0.1, 0.15) is 30.3 Å². The summed E-state index contributed by atoms with van der Waals surface area (Å²) in [5.74, 6) is 0.689. The van der Waals surface area contributed by atoms with Crippen molar-refractivity contribution >= 4 is 59.7 Å². The number of carbonyl (C=O) groups is 1. The van der Waals surface area contributed by atoms with Gasteiger partial charge in [-0.25, -0.2) is 14.5 Å². The molecular weight excluding hydrogens is 514 g/mol. The van der Waals surface area contributed by atoms with E-state index in [1.54, 1.807) is 32.0 Å². The van der Waals surface area contributed by atoms with E-state index in [0.717, 1.165) is 0 Å². The summed E-state index contributed by atoms with van der Waals surface area (Å²) in [6.45, 7) is 2.96. The highest BCUT2D eigenvalue weighted by molar-refractivity contribution is 8.02. The van der Waals surface area contributed by atoms with Crippen LogP contribution in [-0.4, -0.2) is 47.8 Å². The van der Waals surface area contributed by atoms with Gasteiger partial charge in [-0.1, -0.05) is 29.3 Å². The van der Waals surface area contributed by atoms with Crippen LogP contribution in [0.3, 0.4) is 0 Å². The number of rotatable bonds is 10. The number of aliphatic hydroxyl groups excluding tert-OH is 1. The van der Waals surface area contributed by atoms with Crippen LogP contribution in [0.15, 0.2) is 35.0 Å². The van der Waals surface area contributed by atoms with Gasteiger partial charge >= 0.3 is 7.82 Å². The monoisotopic (exact) mass is 536 g/mol. The second-order valence-corrected chi connectivity index (χ2v) is 9.94. The summed E-state index contributed by atoms with van der Waals surface area (Å²) < 4.78 is 15.6. The first-order valence-corrected chi connectivity index (χ1v) is 12.5. The molecule has 1 aromatic heterocycles. The van der Waals surface area contributed by atoms with Gasteiger partial charge in [0.2, 0.25) is 6.41 Å². The summed E-state index contributed by atoms with van der Waals surface area (Å²) in [7, 11) is -4.71. The molecule has 0 unspecified atom stereocenters. The molecule has 33 heavy (non-hydrogen) atoms. The van der Waals surface area contributed by atoms with Crippen molar-refractivity contribution in [1.82, 2.24) is 14.9 Å². The van der Waals surface area contributed by atoms with Gasteiger partial charge in [0.15, 0.2) is 0 Å². The van der Waals surface area contributed by atoms with E-state index in [2.05, 4.69) is 14.5 Å². The van der Waals surface area contributed by atoms with E-state index in [9.17, 15) is 14.5 Å². The number of amides is 1. The van der Waals surface area contributed by atoms with Crippen molar-refractivity contribution in [2.45, 2.75) is 26.8 Å². The molecule has 2 aromatic rings. The zero-order valence-corrected chi connectivity index (χ0v) is 20.9. The molecule has 0 spiro atoms. The number of nitrogens with two attached hydrogens (primary N) is 1. The van der Waals surface area contributed by atoms with Crippen LogP contribution in [-0.2, 0) is 20.4 Å². The Bertz CT molecular complexity index is 1120. The highest BCUT2D eigenvalue weighted by atomic mass is 35.5. The lowest BCUT2D eigenvalue weighted by atomic mass is 10.2. The lowest BCUT2D eigenvalue weighted by molar-refractivity contribution is -0.116. The van der Waals surface area contributed by atoms with Crippen LogP contribution >= 0.6 is 42.4 Å². The smallest absolute Gasteiger partial charge is 0.383 e. The number of nitrogen functional groups attached to an aromatic ring is 1. The molecule has 0 aliphatic heterocycles. The number of aliphatic hydroxyl groups is 1. The Kier molecular flexibility index (Phi) is 10.0.